The number of hydrogen-bond acceptors (Lipinski definition) is 3. The van der Waals surface area contributed by atoms with Crippen molar-refractivity contribution in [2.24, 2.45) is 5.18 Å². The number of methoxy groups -OCH3 is 1. The summed E-state index contributed by atoms with van der Waals surface area (Å²) in [7, 11) is 1.20. The van der Waals surface area contributed by atoms with Crippen LogP contribution >= 0.6 is 0 Å². The van der Waals surface area contributed by atoms with Gasteiger partial charge >= 0.3 is 0 Å². The molecule has 0 bridgehead atoms. The summed E-state index contributed by atoms with van der Waals surface area (Å²) in [6.45, 7) is 0. The smallest absolute Gasteiger partial charge is 0.185 e. The Balaban J connectivity index is 3.33. The highest BCUT2D eigenvalue weighted by molar-refractivity contribution is 5.52. The molecule has 1 aromatic rings. The molecule has 0 saturated heterocycles. The molecule has 0 heterocycles. The second-order valence-corrected chi connectivity index (χ2v) is 2.03. The van der Waals surface area contributed by atoms with Crippen LogP contribution in [-0.4, -0.2) is 7.11 Å². The van der Waals surface area contributed by atoms with Crippen LogP contribution in [0.15, 0.2) is 17.3 Å². The number of ether oxygens (including phenoxy) is 1. The van der Waals surface area contributed by atoms with Crippen LogP contribution in [0.25, 0.3) is 0 Å². The lowest BCUT2D eigenvalue weighted by molar-refractivity contribution is 0.408. The Morgan fingerprint density at radius 3 is 2.58 bits per heavy atom. The first-order valence-electron chi connectivity index (χ1n) is 3.05. The van der Waals surface area contributed by atoms with Crippen molar-refractivity contribution in [3.05, 3.63) is 28.7 Å². The third-order valence-electron chi connectivity index (χ3n) is 1.30. The number of halogens is 2. The topological polar surface area (TPSA) is 38.7 Å². The molecule has 0 amide bonds. The van der Waals surface area contributed by atoms with Crippen molar-refractivity contribution >= 4 is 5.69 Å². The zero-order valence-corrected chi connectivity index (χ0v) is 6.17. The molecule has 3 nitrogen and oxygen atoms in total. The van der Waals surface area contributed by atoms with E-state index in [1.165, 1.54) is 7.11 Å². The summed E-state index contributed by atoms with van der Waals surface area (Å²) in [4.78, 5) is 10.0. The third kappa shape index (κ3) is 1.39. The summed E-state index contributed by atoms with van der Waals surface area (Å²) in [5.74, 6) is -2.04. The maximum atomic E-state index is 12.7. The van der Waals surface area contributed by atoms with Gasteiger partial charge in [-0.3, -0.25) is 0 Å². The molecule has 64 valence electrons. The van der Waals surface area contributed by atoms with Gasteiger partial charge in [0.25, 0.3) is 0 Å². The summed E-state index contributed by atoms with van der Waals surface area (Å²) in [5, 5.41) is 2.37. The normalized spacial score (nSPS) is 9.58. The molecule has 1 aromatic carbocycles. The maximum Gasteiger partial charge on any atom is 0.185 e. The molecular weight excluding hydrogens is 168 g/mol. The molecule has 0 unspecified atom stereocenters. The lowest BCUT2D eigenvalue weighted by Gasteiger charge is -2.02. The number of nitroso groups, excluding NO2 is 1. The summed E-state index contributed by atoms with van der Waals surface area (Å²) in [6, 6.07) is 1.46. The molecule has 12 heavy (non-hydrogen) atoms. The van der Waals surface area contributed by atoms with E-state index in [-0.39, 0.29) is 5.75 Å². The van der Waals surface area contributed by atoms with Crippen LogP contribution in [0.1, 0.15) is 0 Å². The SMILES string of the molecule is COc1cc(F)cc(F)c1N=O. The van der Waals surface area contributed by atoms with Gasteiger partial charge in [0, 0.05) is 12.1 Å². The molecule has 0 aliphatic heterocycles. The monoisotopic (exact) mass is 173 g/mol. The highest BCUT2D eigenvalue weighted by Gasteiger charge is 2.11. The standard InChI is InChI=1S/C7H5F2NO2/c1-12-6-3-4(8)2-5(9)7(6)10-11/h2-3H,1H3. The van der Waals surface area contributed by atoms with E-state index in [1.807, 2.05) is 0 Å². The quantitative estimate of drug-likeness (QED) is 0.644. The second-order valence-electron chi connectivity index (χ2n) is 2.03. The van der Waals surface area contributed by atoms with Crippen LogP contribution in [0, 0.1) is 16.5 Å². The Kier molecular flexibility index (Phi) is 2.32. The summed E-state index contributed by atoms with van der Waals surface area (Å²) in [5.41, 5.74) is -0.515. The first-order valence-corrected chi connectivity index (χ1v) is 3.05. The van der Waals surface area contributed by atoms with Gasteiger partial charge in [0.2, 0.25) is 0 Å². The van der Waals surface area contributed by atoms with E-state index < -0.39 is 17.3 Å². The summed E-state index contributed by atoms with van der Waals surface area (Å²) >= 11 is 0. The number of benzene rings is 1. The third-order valence-corrected chi connectivity index (χ3v) is 1.30. The second kappa shape index (κ2) is 3.25. The first kappa shape index (κ1) is 8.58. The lowest BCUT2D eigenvalue weighted by Crippen LogP contribution is -1.88. The molecule has 0 aliphatic rings. The summed E-state index contributed by atoms with van der Waals surface area (Å²) in [6.07, 6.45) is 0. The van der Waals surface area contributed by atoms with Crippen LogP contribution < -0.4 is 4.74 Å². The Labute approximate surface area is 66.9 Å². The van der Waals surface area contributed by atoms with Crippen molar-refractivity contribution in [1.82, 2.24) is 0 Å². The van der Waals surface area contributed by atoms with E-state index in [0.717, 1.165) is 6.07 Å². The van der Waals surface area contributed by atoms with Gasteiger partial charge in [0.15, 0.2) is 17.3 Å². The molecule has 0 fully saturated rings. The number of nitrogens with zero attached hydrogens (tertiary/aromatic N) is 1. The first-order chi connectivity index (χ1) is 5.69. The van der Waals surface area contributed by atoms with Gasteiger partial charge in [0.05, 0.1) is 7.11 Å². The fraction of sp³-hybridized carbons (Fsp3) is 0.143. The van der Waals surface area contributed by atoms with Crippen LogP contribution in [0.4, 0.5) is 14.5 Å². The number of rotatable bonds is 2. The number of hydrogen-bond donors (Lipinski definition) is 0. The lowest BCUT2D eigenvalue weighted by atomic mass is 10.3. The highest BCUT2D eigenvalue weighted by Crippen LogP contribution is 2.30. The van der Waals surface area contributed by atoms with Crippen LogP contribution in [0.5, 0.6) is 5.75 Å². The Hall–Kier alpha value is -1.52. The van der Waals surface area contributed by atoms with Gasteiger partial charge in [-0.25, -0.2) is 8.78 Å². The Morgan fingerprint density at radius 2 is 2.08 bits per heavy atom. The molecule has 5 heteroatoms. The molecular formula is C7H5F2NO2. The van der Waals surface area contributed by atoms with E-state index in [9.17, 15) is 13.7 Å². The van der Waals surface area contributed by atoms with Gasteiger partial charge in [-0.05, 0) is 5.18 Å². The minimum Gasteiger partial charge on any atom is -0.494 e. The molecule has 0 radical (unpaired) electrons. The van der Waals surface area contributed by atoms with E-state index in [1.54, 1.807) is 0 Å². The van der Waals surface area contributed by atoms with Crippen LogP contribution in [0.3, 0.4) is 0 Å². The van der Waals surface area contributed by atoms with Gasteiger partial charge in [-0.15, -0.1) is 4.91 Å². The van der Waals surface area contributed by atoms with E-state index in [4.69, 9.17) is 0 Å². The molecule has 0 saturated carbocycles. The fourth-order valence-electron chi connectivity index (χ4n) is 0.787. The van der Waals surface area contributed by atoms with E-state index >= 15 is 0 Å². The minimum absolute atomic E-state index is 0.206. The molecule has 0 aromatic heterocycles. The van der Waals surface area contributed by atoms with Gasteiger partial charge in [0.1, 0.15) is 5.82 Å². The average Bonchev–Trinajstić information content (AvgIpc) is 2.03. The van der Waals surface area contributed by atoms with Crippen molar-refractivity contribution < 1.29 is 13.5 Å². The predicted molar refractivity (Wildman–Crippen MR) is 38.4 cm³/mol. The van der Waals surface area contributed by atoms with Gasteiger partial charge < -0.3 is 4.74 Å². The average molecular weight is 173 g/mol. The molecule has 1 rings (SSSR count). The van der Waals surface area contributed by atoms with Crippen molar-refractivity contribution in [3.63, 3.8) is 0 Å². The van der Waals surface area contributed by atoms with E-state index in [0.29, 0.717) is 6.07 Å². The molecule has 0 N–H and O–H groups in total. The van der Waals surface area contributed by atoms with Crippen molar-refractivity contribution in [2.75, 3.05) is 7.11 Å². The highest BCUT2D eigenvalue weighted by atomic mass is 19.1. The maximum absolute atomic E-state index is 12.7. The molecule has 0 aliphatic carbocycles. The Morgan fingerprint density at radius 1 is 1.42 bits per heavy atom. The zero-order valence-electron chi connectivity index (χ0n) is 6.17. The fourth-order valence-corrected chi connectivity index (χ4v) is 0.787. The van der Waals surface area contributed by atoms with Crippen LogP contribution in [0.2, 0.25) is 0 Å². The molecule has 0 atom stereocenters. The van der Waals surface area contributed by atoms with Crippen molar-refractivity contribution in [2.45, 2.75) is 0 Å². The minimum atomic E-state index is -1.03. The molecule has 0 spiro atoms. The van der Waals surface area contributed by atoms with Gasteiger partial charge in [-0.2, -0.15) is 0 Å². The predicted octanol–water partition coefficient (Wildman–Crippen LogP) is 2.37. The zero-order chi connectivity index (χ0) is 9.14. The largest absolute Gasteiger partial charge is 0.494 e. The van der Waals surface area contributed by atoms with Crippen molar-refractivity contribution in [1.29, 1.82) is 0 Å². The van der Waals surface area contributed by atoms with Crippen LogP contribution in [-0.2, 0) is 0 Å². The van der Waals surface area contributed by atoms with E-state index in [2.05, 4.69) is 9.91 Å². The van der Waals surface area contributed by atoms with Crippen molar-refractivity contribution in [3.8, 4) is 5.75 Å². The Bertz CT molecular complexity index is 315. The van der Waals surface area contributed by atoms with Gasteiger partial charge in [-0.1, -0.05) is 0 Å². The summed E-state index contributed by atoms with van der Waals surface area (Å²) < 4.78 is 29.7.